The number of aromatic carboxylic acids is 1. The van der Waals surface area contributed by atoms with Crippen molar-refractivity contribution in [1.29, 1.82) is 0 Å². The van der Waals surface area contributed by atoms with Crippen LogP contribution in [0, 0.1) is 0 Å². The van der Waals surface area contributed by atoms with Crippen molar-refractivity contribution in [2.45, 2.75) is 6.36 Å². The highest BCUT2D eigenvalue weighted by Crippen LogP contribution is 2.24. The Bertz CT molecular complexity index is 730. The lowest BCUT2D eigenvalue weighted by Gasteiger charge is -2.10. The number of aromatic nitrogens is 1. The molecule has 0 aliphatic rings. The number of carbonyl (C=O) groups is 2. The molecule has 1 amide bonds. The lowest BCUT2D eigenvalue weighted by atomic mass is 10.2. The Balaban J connectivity index is 2.14. The Kier molecular flexibility index (Phi) is 4.49. The molecule has 2 N–H and O–H groups in total. The number of halogens is 3. The van der Waals surface area contributed by atoms with Crippen LogP contribution in [0.25, 0.3) is 0 Å². The maximum absolute atomic E-state index is 12.0. The van der Waals surface area contributed by atoms with E-state index in [4.69, 9.17) is 5.11 Å². The van der Waals surface area contributed by atoms with E-state index in [0.29, 0.717) is 0 Å². The first kappa shape index (κ1) is 16.3. The summed E-state index contributed by atoms with van der Waals surface area (Å²) in [4.78, 5) is 26.7. The molecular weight excluding hydrogens is 317 g/mol. The molecule has 0 aliphatic heterocycles. The van der Waals surface area contributed by atoms with E-state index in [9.17, 15) is 22.8 Å². The number of alkyl halides is 3. The summed E-state index contributed by atoms with van der Waals surface area (Å²) in [6, 6.07) is 6.97. The van der Waals surface area contributed by atoms with E-state index in [1.165, 1.54) is 30.5 Å². The number of carbonyl (C=O) groups excluding carboxylic acids is 1. The molecule has 2 rings (SSSR count). The summed E-state index contributed by atoms with van der Waals surface area (Å²) in [6.45, 7) is 0. The second kappa shape index (κ2) is 6.34. The Morgan fingerprint density at radius 3 is 2.35 bits per heavy atom. The van der Waals surface area contributed by atoms with Crippen LogP contribution in [0.15, 0.2) is 42.6 Å². The van der Waals surface area contributed by atoms with Gasteiger partial charge in [0.2, 0.25) is 0 Å². The molecule has 23 heavy (non-hydrogen) atoms. The van der Waals surface area contributed by atoms with Crippen molar-refractivity contribution in [3.63, 3.8) is 0 Å². The quantitative estimate of drug-likeness (QED) is 0.902. The highest BCUT2D eigenvalue weighted by atomic mass is 19.4. The number of nitrogens with one attached hydrogen (secondary N) is 1. The third-order valence-electron chi connectivity index (χ3n) is 2.60. The molecule has 0 fully saturated rings. The van der Waals surface area contributed by atoms with Gasteiger partial charge >= 0.3 is 12.3 Å². The number of amides is 1. The van der Waals surface area contributed by atoms with Gasteiger partial charge < -0.3 is 15.2 Å². The van der Waals surface area contributed by atoms with Crippen LogP contribution in [0.4, 0.5) is 18.9 Å². The van der Waals surface area contributed by atoms with Crippen molar-refractivity contribution in [3.8, 4) is 5.75 Å². The molecule has 1 heterocycles. The fourth-order valence-corrected chi connectivity index (χ4v) is 1.69. The standard InChI is InChI=1S/C14H9F3N2O4/c15-14(16,17)23-9-5-3-8(4-6-9)19-12(20)11-10(13(21)22)2-1-7-18-11/h1-7H,(H,19,20)(H,21,22). The minimum Gasteiger partial charge on any atom is -0.478 e. The zero-order chi connectivity index (χ0) is 17.0. The van der Waals surface area contributed by atoms with Crippen molar-refractivity contribution < 1.29 is 32.6 Å². The van der Waals surface area contributed by atoms with Gasteiger partial charge in [-0.2, -0.15) is 0 Å². The minimum atomic E-state index is -4.81. The fourth-order valence-electron chi connectivity index (χ4n) is 1.69. The molecule has 0 radical (unpaired) electrons. The molecule has 0 aliphatic carbocycles. The van der Waals surface area contributed by atoms with E-state index >= 15 is 0 Å². The number of hydrogen-bond acceptors (Lipinski definition) is 4. The third-order valence-corrected chi connectivity index (χ3v) is 2.60. The molecule has 1 aromatic carbocycles. The maximum Gasteiger partial charge on any atom is 0.573 e. The predicted octanol–water partition coefficient (Wildman–Crippen LogP) is 2.93. The summed E-state index contributed by atoms with van der Waals surface area (Å²) >= 11 is 0. The maximum atomic E-state index is 12.0. The Morgan fingerprint density at radius 1 is 1.13 bits per heavy atom. The highest BCUT2D eigenvalue weighted by molar-refractivity contribution is 6.09. The van der Waals surface area contributed by atoms with Crippen molar-refractivity contribution in [1.82, 2.24) is 4.98 Å². The molecule has 0 spiro atoms. The van der Waals surface area contributed by atoms with Crippen LogP contribution >= 0.6 is 0 Å². The monoisotopic (exact) mass is 326 g/mol. The molecule has 1 aromatic heterocycles. The number of carboxylic acid groups (broad SMARTS) is 1. The van der Waals surface area contributed by atoms with Crippen molar-refractivity contribution >= 4 is 17.6 Å². The van der Waals surface area contributed by atoms with Crippen molar-refractivity contribution in [2.75, 3.05) is 5.32 Å². The lowest BCUT2D eigenvalue weighted by molar-refractivity contribution is -0.274. The molecule has 0 saturated carbocycles. The van der Waals surface area contributed by atoms with Gasteiger partial charge in [-0.25, -0.2) is 4.79 Å². The first-order chi connectivity index (χ1) is 10.8. The van der Waals surface area contributed by atoms with Crippen LogP contribution in [-0.4, -0.2) is 28.3 Å². The van der Waals surface area contributed by atoms with Crippen molar-refractivity contribution in [3.05, 3.63) is 53.9 Å². The van der Waals surface area contributed by atoms with Gasteiger partial charge in [0.1, 0.15) is 11.4 Å². The molecular formula is C14H9F3N2O4. The summed E-state index contributed by atoms with van der Waals surface area (Å²) in [5.74, 6) is -2.57. The average molecular weight is 326 g/mol. The molecule has 0 atom stereocenters. The first-order valence-corrected chi connectivity index (χ1v) is 6.12. The number of ether oxygens (including phenoxy) is 1. The number of rotatable bonds is 4. The van der Waals surface area contributed by atoms with Gasteiger partial charge in [0.25, 0.3) is 5.91 Å². The highest BCUT2D eigenvalue weighted by Gasteiger charge is 2.31. The smallest absolute Gasteiger partial charge is 0.478 e. The molecule has 120 valence electrons. The van der Waals surface area contributed by atoms with Gasteiger partial charge in [-0.05, 0) is 36.4 Å². The SMILES string of the molecule is O=C(O)c1cccnc1C(=O)Nc1ccc(OC(F)(F)F)cc1. The van der Waals surface area contributed by atoms with Gasteiger partial charge in [-0.3, -0.25) is 9.78 Å². The van der Waals surface area contributed by atoms with E-state index in [0.717, 1.165) is 12.1 Å². The van der Waals surface area contributed by atoms with E-state index in [1.807, 2.05) is 0 Å². The molecule has 0 saturated heterocycles. The largest absolute Gasteiger partial charge is 0.573 e. The van der Waals surface area contributed by atoms with Gasteiger partial charge in [0.15, 0.2) is 0 Å². The van der Waals surface area contributed by atoms with Crippen LogP contribution in [-0.2, 0) is 0 Å². The second-order valence-electron chi connectivity index (χ2n) is 4.23. The number of benzene rings is 1. The normalized spacial score (nSPS) is 10.9. The minimum absolute atomic E-state index is 0.159. The van der Waals surface area contributed by atoms with E-state index in [2.05, 4.69) is 15.0 Å². The second-order valence-corrected chi connectivity index (χ2v) is 4.23. The van der Waals surface area contributed by atoms with Crippen LogP contribution in [0.3, 0.4) is 0 Å². The van der Waals surface area contributed by atoms with Gasteiger partial charge in [-0.15, -0.1) is 13.2 Å². The van der Waals surface area contributed by atoms with E-state index in [1.54, 1.807) is 0 Å². The summed E-state index contributed by atoms with van der Waals surface area (Å²) in [5, 5.41) is 11.3. The summed E-state index contributed by atoms with van der Waals surface area (Å²) in [6.07, 6.45) is -3.56. The van der Waals surface area contributed by atoms with Crippen LogP contribution in [0.1, 0.15) is 20.8 Å². The van der Waals surface area contributed by atoms with E-state index < -0.39 is 24.0 Å². The van der Waals surface area contributed by atoms with Crippen molar-refractivity contribution in [2.24, 2.45) is 0 Å². The Hall–Kier alpha value is -3.10. The van der Waals surface area contributed by atoms with Crippen LogP contribution in [0.5, 0.6) is 5.75 Å². The van der Waals surface area contributed by atoms with E-state index in [-0.39, 0.29) is 16.9 Å². The number of hydrogen-bond donors (Lipinski definition) is 2. The Labute approximate surface area is 127 Å². The number of carboxylic acids is 1. The average Bonchev–Trinajstić information content (AvgIpc) is 2.47. The lowest BCUT2D eigenvalue weighted by Crippen LogP contribution is -2.18. The van der Waals surface area contributed by atoms with Gasteiger partial charge in [-0.1, -0.05) is 0 Å². The first-order valence-electron chi connectivity index (χ1n) is 6.12. The molecule has 9 heteroatoms. The number of nitrogens with zero attached hydrogens (tertiary/aromatic N) is 1. The number of pyridine rings is 1. The van der Waals surface area contributed by atoms with Gasteiger partial charge in [0.05, 0.1) is 5.56 Å². The molecule has 6 nitrogen and oxygen atoms in total. The molecule has 2 aromatic rings. The summed E-state index contributed by atoms with van der Waals surface area (Å²) in [5.41, 5.74) is -0.441. The number of anilines is 1. The molecule has 0 bridgehead atoms. The van der Waals surface area contributed by atoms with Crippen LogP contribution < -0.4 is 10.1 Å². The zero-order valence-corrected chi connectivity index (χ0v) is 11.3. The predicted molar refractivity (Wildman–Crippen MR) is 72.3 cm³/mol. The summed E-state index contributed by atoms with van der Waals surface area (Å²) < 4.78 is 39.8. The third kappa shape index (κ3) is 4.43. The zero-order valence-electron chi connectivity index (χ0n) is 11.3. The fraction of sp³-hybridized carbons (Fsp3) is 0.0714. The Morgan fingerprint density at radius 2 is 1.78 bits per heavy atom. The molecule has 0 unspecified atom stereocenters. The summed E-state index contributed by atoms with van der Waals surface area (Å²) in [7, 11) is 0. The van der Waals surface area contributed by atoms with Crippen LogP contribution in [0.2, 0.25) is 0 Å². The van der Waals surface area contributed by atoms with Gasteiger partial charge in [0, 0.05) is 11.9 Å². The topological polar surface area (TPSA) is 88.5 Å².